The number of methoxy groups -OCH3 is 1. The molecule has 0 aliphatic heterocycles. The fraction of sp³-hybridized carbons (Fsp3) is 0.167. The van der Waals surface area contributed by atoms with Crippen LogP contribution in [0.4, 0.5) is 5.69 Å². The number of halogens is 1. The van der Waals surface area contributed by atoms with Crippen LogP contribution in [0, 0.1) is 0 Å². The van der Waals surface area contributed by atoms with Crippen LogP contribution < -0.4 is 14.8 Å². The number of sulfonamides is 1. The molecule has 1 amide bonds. The Bertz CT molecular complexity index is 1150. The first kappa shape index (κ1) is 20.8. The van der Waals surface area contributed by atoms with Gasteiger partial charge >= 0.3 is 0 Å². The van der Waals surface area contributed by atoms with Gasteiger partial charge in [0.1, 0.15) is 5.75 Å². The highest BCUT2D eigenvalue weighted by Gasteiger charge is 2.19. The number of anilines is 1. The fourth-order valence-corrected chi connectivity index (χ4v) is 3.68. The van der Waals surface area contributed by atoms with E-state index in [-0.39, 0.29) is 34.7 Å². The van der Waals surface area contributed by atoms with Crippen molar-refractivity contribution in [2.24, 2.45) is 0 Å². The van der Waals surface area contributed by atoms with Crippen molar-refractivity contribution < 1.29 is 22.5 Å². The summed E-state index contributed by atoms with van der Waals surface area (Å²) in [7, 11) is -2.50. The minimum atomic E-state index is -3.92. The molecule has 1 heterocycles. The molecule has 3 aromatic rings. The average Bonchev–Trinajstić information content (AvgIpc) is 3.15. The summed E-state index contributed by atoms with van der Waals surface area (Å²) in [5, 5.41) is 6.80. The van der Waals surface area contributed by atoms with Crippen molar-refractivity contribution in [3.8, 4) is 17.1 Å². The molecule has 0 fully saturated rings. The minimum absolute atomic E-state index is 0.0621. The van der Waals surface area contributed by atoms with E-state index in [0.29, 0.717) is 16.3 Å². The Morgan fingerprint density at radius 2 is 2.00 bits per heavy atom. The summed E-state index contributed by atoms with van der Waals surface area (Å²) in [5.74, 6) is 0.297. The van der Waals surface area contributed by atoms with Gasteiger partial charge in [0.05, 0.1) is 29.3 Å². The molecular weight excluding hydrogens is 420 g/mol. The number of rotatable bonds is 7. The Balaban J connectivity index is 1.77. The molecule has 2 N–H and O–H groups in total. The molecule has 152 valence electrons. The second-order valence-corrected chi connectivity index (χ2v) is 8.03. The molecule has 2 aromatic carbocycles. The largest absolute Gasteiger partial charge is 0.495 e. The zero-order valence-electron chi connectivity index (χ0n) is 15.5. The number of amides is 1. The van der Waals surface area contributed by atoms with E-state index in [1.807, 2.05) is 0 Å². The topological polar surface area (TPSA) is 123 Å². The average molecular weight is 437 g/mol. The molecule has 0 aliphatic carbocycles. The third kappa shape index (κ3) is 4.91. The Labute approximate surface area is 172 Å². The smallest absolute Gasteiger partial charge is 0.242 e. The third-order valence-electron chi connectivity index (χ3n) is 3.79. The van der Waals surface area contributed by atoms with Crippen LogP contribution in [0.1, 0.15) is 12.8 Å². The summed E-state index contributed by atoms with van der Waals surface area (Å²) >= 11 is 6.10. The number of carbonyl (C=O) groups is 1. The summed E-state index contributed by atoms with van der Waals surface area (Å²) in [5.41, 5.74) is 0.809. The van der Waals surface area contributed by atoms with E-state index in [0.717, 1.165) is 0 Å². The third-order valence-corrected chi connectivity index (χ3v) is 5.52. The number of ether oxygens (including phenoxy) is 1. The van der Waals surface area contributed by atoms with Gasteiger partial charge in [0, 0.05) is 12.5 Å². The molecule has 3 rings (SSSR count). The molecular formula is C18H17ClN4O5S. The Morgan fingerprint density at radius 3 is 2.69 bits per heavy atom. The van der Waals surface area contributed by atoms with Crippen LogP contribution in [0.2, 0.25) is 5.02 Å². The van der Waals surface area contributed by atoms with Crippen molar-refractivity contribution in [2.75, 3.05) is 12.4 Å². The summed E-state index contributed by atoms with van der Waals surface area (Å²) in [6.45, 7) is 1.09. The van der Waals surface area contributed by atoms with Gasteiger partial charge in [-0.3, -0.25) is 4.79 Å². The molecule has 29 heavy (non-hydrogen) atoms. The van der Waals surface area contributed by atoms with E-state index in [9.17, 15) is 13.2 Å². The SMILES string of the molecule is COc1ccc(S(=O)(=O)NCc2nc(-c3ccccc3Cl)no2)cc1NC(C)=O. The molecule has 0 radical (unpaired) electrons. The van der Waals surface area contributed by atoms with E-state index >= 15 is 0 Å². The standard InChI is InChI=1S/C18H17ClN4O5S/c1-11(24)21-15-9-12(7-8-16(15)27-2)29(25,26)20-10-17-22-18(23-28-17)13-5-3-4-6-14(13)19/h3-9,20H,10H2,1-2H3,(H,21,24). The van der Waals surface area contributed by atoms with Crippen molar-refractivity contribution in [3.63, 3.8) is 0 Å². The minimum Gasteiger partial charge on any atom is -0.495 e. The Kier molecular flexibility index (Phi) is 6.16. The van der Waals surface area contributed by atoms with Gasteiger partial charge in [-0.15, -0.1) is 0 Å². The highest BCUT2D eigenvalue weighted by molar-refractivity contribution is 7.89. The summed E-state index contributed by atoms with van der Waals surface area (Å²) in [4.78, 5) is 15.4. The van der Waals surface area contributed by atoms with Crippen molar-refractivity contribution in [1.29, 1.82) is 0 Å². The lowest BCUT2D eigenvalue weighted by molar-refractivity contribution is -0.114. The number of nitrogens with zero attached hydrogens (tertiary/aromatic N) is 2. The lowest BCUT2D eigenvalue weighted by atomic mass is 10.2. The van der Waals surface area contributed by atoms with Gasteiger partial charge in [-0.05, 0) is 30.3 Å². The normalized spacial score (nSPS) is 11.3. The maximum atomic E-state index is 12.6. The number of hydrogen-bond donors (Lipinski definition) is 2. The number of hydrogen-bond acceptors (Lipinski definition) is 7. The van der Waals surface area contributed by atoms with Crippen LogP contribution in [-0.2, 0) is 21.4 Å². The summed E-state index contributed by atoms with van der Waals surface area (Å²) in [6, 6.07) is 11.1. The number of nitrogens with one attached hydrogen (secondary N) is 2. The maximum absolute atomic E-state index is 12.6. The molecule has 0 spiro atoms. The van der Waals surface area contributed by atoms with E-state index in [4.69, 9.17) is 20.9 Å². The van der Waals surface area contributed by atoms with Gasteiger partial charge in [-0.1, -0.05) is 28.9 Å². The van der Waals surface area contributed by atoms with Crippen LogP contribution in [-0.4, -0.2) is 31.6 Å². The molecule has 0 saturated heterocycles. The highest BCUT2D eigenvalue weighted by atomic mass is 35.5. The lowest BCUT2D eigenvalue weighted by Crippen LogP contribution is -2.23. The molecule has 0 bridgehead atoms. The van der Waals surface area contributed by atoms with Gasteiger partial charge in [0.15, 0.2) is 0 Å². The van der Waals surface area contributed by atoms with Gasteiger partial charge in [0.25, 0.3) is 0 Å². The number of benzene rings is 2. The van der Waals surface area contributed by atoms with E-state index in [1.54, 1.807) is 24.3 Å². The van der Waals surface area contributed by atoms with Crippen molar-refractivity contribution in [2.45, 2.75) is 18.4 Å². The molecule has 9 nitrogen and oxygen atoms in total. The first-order valence-electron chi connectivity index (χ1n) is 8.33. The van der Waals surface area contributed by atoms with Gasteiger partial charge in [-0.2, -0.15) is 4.98 Å². The zero-order chi connectivity index (χ0) is 21.0. The monoisotopic (exact) mass is 436 g/mol. The zero-order valence-corrected chi connectivity index (χ0v) is 17.0. The number of carbonyl (C=O) groups excluding carboxylic acids is 1. The van der Waals surface area contributed by atoms with Crippen molar-refractivity contribution in [1.82, 2.24) is 14.9 Å². The first-order valence-corrected chi connectivity index (χ1v) is 10.2. The van der Waals surface area contributed by atoms with Crippen molar-refractivity contribution in [3.05, 3.63) is 53.4 Å². The fourth-order valence-electron chi connectivity index (χ4n) is 2.46. The Hall–Kier alpha value is -2.95. The van der Waals surface area contributed by atoms with Crippen LogP contribution in [0.3, 0.4) is 0 Å². The second kappa shape index (κ2) is 8.60. The second-order valence-electron chi connectivity index (χ2n) is 5.86. The maximum Gasteiger partial charge on any atom is 0.242 e. The molecule has 1 aromatic heterocycles. The lowest BCUT2D eigenvalue weighted by Gasteiger charge is -2.11. The first-order chi connectivity index (χ1) is 13.8. The summed E-state index contributed by atoms with van der Waals surface area (Å²) < 4.78 is 37.8. The molecule has 0 aliphatic rings. The van der Waals surface area contributed by atoms with Crippen LogP contribution >= 0.6 is 11.6 Å². The van der Waals surface area contributed by atoms with E-state index in [2.05, 4.69) is 20.2 Å². The van der Waals surface area contributed by atoms with Crippen LogP contribution in [0.5, 0.6) is 5.75 Å². The van der Waals surface area contributed by atoms with E-state index < -0.39 is 10.0 Å². The quantitative estimate of drug-likeness (QED) is 0.583. The predicted octanol–water partition coefficient (Wildman–Crippen LogP) is 2.84. The molecule has 0 unspecified atom stereocenters. The van der Waals surface area contributed by atoms with Crippen molar-refractivity contribution >= 4 is 33.2 Å². The van der Waals surface area contributed by atoms with Gasteiger partial charge in [0.2, 0.25) is 27.6 Å². The predicted molar refractivity (Wildman–Crippen MR) is 106 cm³/mol. The van der Waals surface area contributed by atoms with Crippen LogP contribution in [0.25, 0.3) is 11.4 Å². The van der Waals surface area contributed by atoms with Gasteiger partial charge < -0.3 is 14.6 Å². The number of aromatic nitrogens is 2. The highest BCUT2D eigenvalue weighted by Crippen LogP contribution is 2.28. The molecule has 0 saturated carbocycles. The summed E-state index contributed by atoms with van der Waals surface area (Å²) in [6.07, 6.45) is 0. The molecule has 0 atom stereocenters. The van der Waals surface area contributed by atoms with E-state index in [1.165, 1.54) is 32.2 Å². The Morgan fingerprint density at radius 1 is 1.24 bits per heavy atom. The van der Waals surface area contributed by atoms with Gasteiger partial charge in [-0.25, -0.2) is 13.1 Å². The molecule has 11 heteroatoms. The van der Waals surface area contributed by atoms with Crippen LogP contribution in [0.15, 0.2) is 51.9 Å².